The predicted octanol–water partition coefficient (Wildman–Crippen LogP) is 4.40. The van der Waals surface area contributed by atoms with Gasteiger partial charge in [0.25, 0.3) is 5.92 Å². The zero-order valence-corrected chi connectivity index (χ0v) is 21.3. The molecule has 39 heavy (non-hydrogen) atoms. The first-order valence-corrected chi connectivity index (χ1v) is 12.9. The van der Waals surface area contributed by atoms with Crippen molar-refractivity contribution in [3.8, 4) is 28.5 Å². The molecule has 1 aromatic heterocycles. The van der Waals surface area contributed by atoms with Crippen LogP contribution in [-0.2, 0) is 4.79 Å². The average Bonchev–Trinajstić information content (AvgIpc) is 2.85. The lowest BCUT2D eigenvalue weighted by Crippen LogP contribution is -2.65. The number of benzene rings is 2. The van der Waals surface area contributed by atoms with E-state index in [1.54, 1.807) is 15.9 Å². The van der Waals surface area contributed by atoms with Gasteiger partial charge in [0.05, 0.1) is 18.7 Å². The van der Waals surface area contributed by atoms with E-state index in [4.69, 9.17) is 15.2 Å². The topological polar surface area (TPSA) is 93.8 Å². The first-order chi connectivity index (χ1) is 18.8. The van der Waals surface area contributed by atoms with Crippen molar-refractivity contribution in [2.24, 2.45) is 5.41 Å². The van der Waals surface area contributed by atoms with E-state index in [2.05, 4.69) is 9.97 Å². The molecule has 3 aliphatic rings. The maximum absolute atomic E-state index is 12.9. The van der Waals surface area contributed by atoms with Crippen LogP contribution in [0.15, 0.2) is 73.1 Å². The van der Waals surface area contributed by atoms with Gasteiger partial charge in [-0.2, -0.15) is 0 Å². The number of hydrogen-bond acceptors (Lipinski definition) is 7. The van der Waals surface area contributed by atoms with E-state index in [1.165, 1.54) is 12.4 Å². The van der Waals surface area contributed by atoms with Gasteiger partial charge < -0.3 is 20.1 Å². The van der Waals surface area contributed by atoms with Crippen molar-refractivity contribution in [3.63, 3.8) is 0 Å². The number of carbonyl (C=O) groups is 1. The molecule has 8 nitrogen and oxygen atoms in total. The number of ether oxygens (including phenoxy) is 2. The summed E-state index contributed by atoms with van der Waals surface area (Å²) in [5.41, 5.74) is 7.75. The zero-order valence-electron chi connectivity index (χ0n) is 21.3. The van der Waals surface area contributed by atoms with Crippen molar-refractivity contribution in [1.29, 1.82) is 0 Å². The van der Waals surface area contributed by atoms with E-state index in [0.29, 0.717) is 42.6 Å². The number of nitrogens with zero attached hydrogens (tertiary/aromatic N) is 4. The second kappa shape index (κ2) is 9.92. The minimum Gasteiger partial charge on any atom is -0.474 e. The highest BCUT2D eigenvalue weighted by atomic mass is 19.3. The second-order valence-electron chi connectivity index (χ2n) is 10.6. The Kier molecular flexibility index (Phi) is 6.42. The van der Waals surface area contributed by atoms with Crippen LogP contribution in [0.5, 0.6) is 17.4 Å². The van der Waals surface area contributed by atoms with E-state index in [0.717, 1.165) is 24.2 Å². The number of para-hydroxylation sites is 1. The Hall–Kier alpha value is -4.05. The third-order valence-corrected chi connectivity index (χ3v) is 7.46. The fourth-order valence-corrected chi connectivity index (χ4v) is 5.53. The molecule has 0 unspecified atom stereocenters. The predicted molar refractivity (Wildman–Crippen MR) is 142 cm³/mol. The van der Waals surface area contributed by atoms with Gasteiger partial charge in [-0.05, 0) is 42.7 Å². The molecule has 2 aromatic carbocycles. The summed E-state index contributed by atoms with van der Waals surface area (Å²) in [6, 6.07) is 17.1. The molecule has 3 fully saturated rings. The number of amides is 1. The fourth-order valence-electron chi connectivity index (χ4n) is 5.53. The number of rotatable bonds is 8. The molecule has 2 aliphatic heterocycles. The number of nitrogens with two attached hydrogens (primary N) is 1. The van der Waals surface area contributed by atoms with Gasteiger partial charge in [0.2, 0.25) is 11.8 Å². The summed E-state index contributed by atoms with van der Waals surface area (Å²) in [7, 11) is 0. The smallest absolute Gasteiger partial charge is 0.272 e. The van der Waals surface area contributed by atoms with Crippen molar-refractivity contribution in [2.45, 2.75) is 24.9 Å². The summed E-state index contributed by atoms with van der Waals surface area (Å²) in [6.45, 7) is 1.21. The molecular weight excluding hydrogens is 504 g/mol. The van der Waals surface area contributed by atoms with Crippen LogP contribution in [0.25, 0.3) is 11.1 Å². The Labute approximate surface area is 225 Å². The van der Waals surface area contributed by atoms with Gasteiger partial charge in [0.1, 0.15) is 29.7 Å². The summed E-state index contributed by atoms with van der Waals surface area (Å²) in [5.74, 6) is -0.453. The maximum Gasteiger partial charge on any atom is 0.272 e. The lowest BCUT2D eigenvalue weighted by molar-refractivity contribution is -0.155. The fraction of sp³-hybridized carbons (Fsp3) is 0.345. The summed E-state index contributed by atoms with van der Waals surface area (Å²) < 4.78 is 37.9. The molecule has 0 atom stereocenters. The third-order valence-electron chi connectivity index (χ3n) is 7.46. The normalized spacial score (nSPS) is 19.8. The summed E-state index contributed by atoms with van der Waals surface area (Å²) in [4.78, 5) is 24.3. The highest BCUT2D eigenvalue weighted by Gasteiger charge is 2.54. The standard InChI is InChI=1S/C29H29F2N5O3/c30-29(31)17-35(18-29)12-4-7-24(37)36-15-28(16-36)13-23(14-28)39-27-25(26(32)33-19-34-27)20-8-10-22(11-9-20)38-21-5-2-1-3-6-21/h1-11,19,23H,12-18H2,(H2,32,33,34). The summed E-state index contributed by atoms with van der Waals surface area (Å²) >= 11 is 0. The minimum atomic E-state index is -2.59. The molecule has 1 amide bonds. The van der Waals surface area contributed by atoms with Crippen molar-refractivity contribution in [3.05, 3.63) is 73.1 Å². The number of halogens is 2. The summed E-state index contributed by atoms with van der Waals surface area (Å²) in [6.07, 6.45) is 6.15. The molecule has 1 spiro atoms. The van der Waals surface area contributed by atoms with Gasteiger partial charge in [-0.3, -0.25) is 9.69 Å². The Morgan fingerprint density at radius 2 is 1.69 bits per heavy atom. The van der Waals surface area contributed by atoms with Crippen LogP contribution in [0, 0.1) is 5.41 Å². The molecule has 0 bridgehead atoms. The van der Waals surface area contributed by atoms with Crippen LogP contribution in [0.1, 0.15) is 12.8 Å². The Morgan fingerprint density at radius 1 is 1.00 bits per heavy atom. The number of nitrogen functional groups attached to an aromatic ring is 1. The third kappa shape index (κ3) is 5.42. The van der Waals surface area contributed by atoms with Gasteiger partial charge >= 0.3 is 0 Å². The van der Waals surface area contributed by atoms with E-state index < -0.39 is 5.92 Å². The molecule has 3 heterocycles. The van der Waals surface area contributed by atoms with E-state index in [1.807, 2.05) is 54.6 Å². The molecule has 2 saturated heterocycles. The Balaban J connectivity index is 1.02. The Bertz CT molecular complexity index is 1360. The molecule has 10 heteroatoms. The molecule has 202 valence electrons. The number of likely N-dealkylation sites (tertiary alicyclic amines) is 2. The molecular formula is C29H29F2N5O3. The van der Waals surface area contributed by atoms with Gasteiger partial charge in [0, 0.05) is 31.1 Å². The number of anilines is 1. The van der Waals surface area contributed by atoms with Crippen LogP contribution >= 0.6 is 0 Å². The van der Waals surface area contributed by atoms with Crippen LogP contribution in [-0.4, -0.2) is 70.4 Å². The van der Waals surface area contributed by atoms with E-state index in [-0.39, 0.29) is 30.5 Å². The SMILES string of the molecule is Nc1ncnc(OC2CC3(C2)CN(C(=O)C=CCN2CC(F)(F)C2)C3)c1-c1ccc(Oc2ccccc2)cc1. The molecule has 1 aliphatic carbocycles. The number of carbonyl (C=O) groups excluding carboxylic acids is 1. The van der Waals surface area contributed by atoms with Crippen molar-refractivity contribution in [2.75, 3.05) is 38.5 Å². The number of alkyl halides is 2. The van der Waals surface area contributed by atoms with Gasteiger partial charge in [0.15, 0.2) is 0 Å². The van der Waals surface area contributed by atoms with Crippen molar-refractivity contribution < 1.29 is 23.0 Å². The van der Waals surface area contributed by atoms with Crippen molar-refractivity contribution in [1.82, 2.24) is 19.8 Å². The lowest BCUT2D eigenvalue weighted by Gasteiger charge is -2.58. The van der Waals surface area contributed by atoms with Gasteiger partial charge in [-0.15, -0.1) is 0 Å². The quantitative estimate of drug-likeness (QED) is 0.429. The molecule has 2 N–H and O–H groups in total. The van der Waals surface area contributed by atoms with Crippen LogP contribution in [0.4, 0.5) is 14.6 Å². The van der Waals surface area contributed by atoms with Gasteiger partial charge in [-0.25, -0.2) is 18.7 Å². The number of aromatic nitrogens is 2. The average molecular weight is 534 g/mol. The molecule has 3 aromatic rings. The molecule has 6 rings (SSSR count). The highest BCUT2D eigenvalue weighted by molar-refractivity contribution is 5.88. The molecule has 0 radical (unpaired) electrons. The first-order valence-electron chi connectivity index (χ1n) is 12.9. The van der Waals surface area contributed by atoms with Crippen molar-refractivity contribution >= 4 is 11.7 Å². The maximum atomic E-state index is 12.9. The second-order valence-corrected chi connectivity index (χ2v) is 10.6. The van der Waals surface area contributed by atoms with Crippen LogP contribution in [0.3, 0.4) is 0 Å². The van der Waals surface area contributed by atoms with E-state index in [9.17, 15) is 13.6 Å². The van der Waals surface area contributed by atoms with Gasteiger partial charge in [-0.1, -0.05) is 36.4 Å². The largest absolute Gasteiger partial charge is 0.474 e. The lowest BCUT2D eigenvalue weighted by atomic mass is 9.61. The molecule has 1 saturated carbocycles. The highest BCUT2D eigenvalue weighted by Crippen LogP contribution is 2.50. The number of hydrogen-bond donors (Lipinski definition) is 1. The first kappa shape index (κ1) is 25.2. The Morgan fingerprint density at radius 3 is 2.38 bits per heavy atom. The van der Waals surface area contributed by atoms with Crippen LogP contribution in [0.2, 0.25) is 0 Å². The zero-order chi connectivity index (χ0) is 27.0. The van der Waals surface area contributed by atoms with E-state index >= 15 is 0 Å². The summed E-state index contributed by atoms with van der Waals surface area (Å²) in [5, 5.41) is 0. The monoisotopic (exact) mass is 533 g/mol. The minimum absolute atomic E-state index is 0.0281. The van der Waals surface area contributed by atoms with Crippen LogP contribution < -0.4 is 15.2 Å².